The van der Waals surface area contributed by atoms with Gasteiger partial charge in [-0.15, -0.1) is 0 Å². The number of hydrogen-bond acceptors (Lipinski definition) is 4. The molecular formula is C17H20FN3O3. The quantitative estimate of drug-likeness (QED) is 0.933. The summed E-state index contributed by atoms with van der Waals surface area (Å²) >= 11 is 0. The van der Waals surface area contributed by atoms with Crippen molar-refractivity contribution >= 4 is 6.03 Å². The summed E-state index contributed by atoms with van der Waals surface area (Å²) in [4.78, 5) is 18.2. The summed E-state index contributed by atoms with van der Waals surface area (Å²) in [6.45, 7) is 4.20. The second kappa shape index (κ2) is 7.44. The molecule has 2 aromatic rings. The second-order valence-electron chi connectivity index (χ2n) is 5.76. The van der Waals surface area contributed by atoms with E-state index in [2.05, 4.69) is 10.3 Å². The molecule has 1 aromatic heterocycles. The Morgan fingerprint density at radius 3 is 2.96 bits per heavy atom. The molecule has 0 spiro atoms. The zero-order valence-electron chi connectivity index (χ0n) is 13.5. The van der Waals surface area contributed by atoms with E-state index in [9.17, 15) is 9.18 Å². The predicted molar refractivity (Wildman–Crippen MR) is 86.0 cm³/mol. The number of halogens is 1. The summed E-state index contributed by atoms with van der Waals surface area (Å²) in [5.74, 6) is 0.143. The van der Waals surface area contributed by atoms with Gasteiger partial charge in [0, 0.05) is 31.6 Å². The van der Waals surface area contributed by atoms with Gasteiger partial charge in [0.1, 0.15) is 12.1 Å². The summed E-state index contributed by atoms with van der Waals surface area (Å²) in [5.41, 5.74) is 1.46. The molecule has 24 heavy (non-hydrogen) atoms. The standard InChI is InChI=1S/C17H20FN3O3/c1-12-10-21(8-9-23-12)17(22)19-7-6-15-11-24-16(20-15)13-2-4-14(18)5-3-13/h2-5,11-12H,6-10H2,1H3,(H,19,22)/t12-/m1/s1. The second-order valence-corrected chi connectivity index (χ2v) is 5.76. The first-order valence-corrected chi connectivity index (χ1v) is 7.96. The predicted octanol–water partition coefficient (Wildman–Crippen LogP) is 2.45. The SMILES string of the molecule is C[C@@H]1CN(C(=O)NCCc2coc(-c3ccc(F)cc3)n2)CCO1. The molecule has 3 rings (SSSR count). The van der Waals surface area contributed by atoms with Crippen molar-refractivity contribution in [2.24, 2.45) is 0 Å². The number of oxazole rings is 1. The Morgan fingerprint density at radius 2 is 2.21 bits per heavy atom. The highest BCUT2D eigenvalue weighted by molar-refractivity contribution is 5.74. The largest absolute Gasteiger partial charge is 0.444 e. The summed E-state index contributed by atoms with van der Waals surface area (Å²) < 4.78 is 23.7. The Hall–Kier alpha value is -2.41. The van der Waals surface area contributed by atoms with E-state index < -0.39 is 0 Å². The van der Waals surface area contributed by atoms with Crippen molar-refractivity contribution in [3.05, 3.63) is 42.0 Å². The number of morpholine rings is 1. The van der Waals surface area contributed by atoms with Crippen molar-refractivity contribution in [1.29, 1.82) is 0 Å². The fraction of sp³-hybridized carbons (Fsp3) is 0.412. The van der Waals surface area contributed by atoms with Gasteiger partial charge in [-0.25, -0.2) is 14.2 Å². The van der Waals surface area contributed by atoms with E-state index in [1.807, 2.05) is 6.92 Å². The highest BCUT2D eigenvalue weighted by Gasteiger charge is 2.20. The Morgan fingerprint density at radius 1 is 1.42 bits per heavy atom. The minimum Gasteiger partial charge on any atom is -0.444 e. The Kier molecular flexibility index (Phi) is 5.10. The third-order valence-corrected chi connectivity index (χ3v) is 3.83. The van der Waals surface area contributed by atoms with Gasteiger partial charge in [-0.3, -0.25) is 0 Å². The molecule has 128 valence electrons. The number of nitrogens with zero attached hydrogens (tertiary/aromatic N) is 2. The average Bonchev–Trinajstić information content (AvgIpc) is 3.04. The number of hydrogen-bond donors (Lipinski definition) is 1. The maximum Gasteiger partial charge on any atom is 0.317 e. The smallest absolute Gasteiger partial charge is 0.317 e. The van der Waals surface area contributed by atoms with Crippen molar-refractivity contribution in [3.63, 3.8) is 0 Å². The molecule has 1 atom stereocenters. The van der Waals surface area contributed by atoms with Crippen LogP contribution in [0.25, 0.3) is 11.5 Å². The Balaban J connectivity index is 1.49. The molecule has 6 nitrogen and oxygen atoms in total. The molecule has 2 heterocycles. The third-order valence-electron chi connectivity index (χ3n) is 3.83. The first-order chi connectivity index (χ1) is 11.6. The van der Waals surface area contributed by atoms with Crippen molar-refractivity contribution < 1.29 is 18.3 Å². The van der Waals surface area contributed by atoms with Crippen LogP contribution in [0.4, 0.5) is 9.18 Å². The molecule has 0 saturated carbocycles. The first-order valence-electron chi connectivity index (χ1n) is 7.96. The van der Waals surface area contributed by atoms with Gasteiger partial charge in [-0.2, -0.15) is 0 Å². The lowest BCUT2D eigenvalue weighted by atomic mass is 10.2. The monoisotopic (exact) mass is 333 g/mol. The van der Waals surface area contributed by atoms with Crippen LogP contribution < -0.4 is 5.32 Å². The van der Waals surface area contributed by atoms with E-state index in [1.165, 1.54) is 12.1 Å². The number of nitrogens with one attached hydrogen (secondary N) is 1. The number of urea groups is 1. The van der Waals surface area contributed by atoms with Crippen LogP contribution in [0.5, 0.6) is 0 Å². The van der Waals surface area contributed by atoms with Crippen LogP contribution in [0.3, 0.4) is 0 Å². The third kappa shape index (κ3) is 4.11. The topological polar surface area (TPSA) is 67.6 Å². The fourth-order valence-corrected chi connectivity index (χ4v) is 2.56. The van der Waals surface area contributed by atoms with Crippen LogP contribution in [0.1, 0.15) is 12.6 Å². The van der Waals surface area contributed by atoms with Gasteiger partial charge in [0.25, 0.3) is 0 Å². The molecule has 0 aliphatic carbocycles. The number of aromatic nitrogens is 1. The van der Waals surface area contributed by atoms with Crippen molar-refractivity contribution in [2.45, 2.75) is 19.4 Å². The molecule has 1 aliphatic heterocycles. The van der Waals surface area contributed by atoms with Gasteiger partial charge in [0.05, 0.1) is 18.4 Å². The van der Waals surface area contributed by atoms with E-state index in [0.717, 1.165) is 5.69 Å². The van der Waals surface area contributed by atoms with Gasteiger partial charge in [0.15, 0.2) is 0 Å². The van der Waals surface area contributed by atoms with E-state index in [4.69, 9.17) is 9.15 Å². The molecule has 1 saturated heterocycles. The first kappa shape index (κ1) is 16.4. The number of carbonyl (C=O) groups is 1. The van der Waals surface area contributed by atoms with E-state index >= 15 is 0 Å². The van der Waals surface area contributed by atoms with Crippen LogP contribution in [0, 0.1) is 5.82 Å². The lowest BCUT2D eigenvalue weighted by Crippen LogP contribution is -2.49. The molecule has 2 amide bonds. The van der Waals surface area contributed by atoms with Gasteiger partial charge in [0.2, 0.25) is 5.89 Å². The van der Waals surface area contributed by atoms with E-state index in [1.54, 1.807) is 23.3 Å². The number of benzene rings is 1. The average molecular weight is 333 g/mol. The molecule has 0 radical (unpaired) electrons. The van der Waals surface area contributed by atoms with E-state index in [0.29, 0.717) is 44.1 Å². The lowest BCUT2D eigenvalue weighted by molar-refractivity contribution is -0.00343. The zero-order valence-corrected chi connectivity index (χ0v) is 13.5. The summed E-state index contributed by atoms with van der Waals surface area (Å²) in [6, 6.07) is 5.87. The van der Waals surface area contributed by atoms with Crippen LogP contribution >= 0.6 is 0 Å². The molecular weight excluding hydrogens is 313 g/mol. The minimum atomic E-state index is -0.300. The summed E-state index contributed by atoms with van der Waals surface area (Å²) in [7, 11) is 0. The van der Waals surface area contributed by atoms with Gasteiger partial charge < -0.3 is 19.4 Å². The van der Waals surface area contributed by atoms with Crippen LogP contribution in [0.15, 0.2) is 34.9 Å². The molecule has 1 fully saturated rings. The highest BCUT2D eigenvalue weighted by Crippen LogP contribution is 2.19. The van der Waals surface area contributed by atoms with Crippen molar-refractivity contribution in [3.8, 4) is 11.5 Å². The van der Waals surface area contributed by atoms with Crippen LogP contribution in [-0.4, -0.2) is 48.3 Å². The van der Waals surface area contributed by atoms with Crippen molar-refractivity contribution in [1.82, 2.24) is 15.2 Å². The maximum atomic E-state index is 12.9. The van der Waals surface area contributed by atoms with Gasteiger partial charge >= 0.3 is 6.03 Å². The van der Waals surface area contributed by atoms with Crippen LogP contribution in [0.2, 0.25) is 0 Å². The zero-order chi connectivity index (χ0) is 16.9. The maximum absolute atomic E-state index is 12.9. The van der Waals surface area contributed by atoms with E-state index in [-0.39, 0.29) is 18.0 Å². The summed E-state index contributed by atoms with van der Waals surface area (Å²) in [6.07, 6.45) is 2.19. The molecule has 7 heteroatoms. The van der Waals surface area contributed by atoms with Crippen LogP contribution in [-0.2, 0) is 11.2 Å². The number of amides is 2. The fourth-order valence-electron chi connectivity index (χ4n) is 2.56. The van der Waals surface area contributed by atoms with Gasteiger partial charge in [-0.05, 0) is 31.2 Å². The Bertz CT molecular complexity index is 687. The molecule has 0 unspecified atom stereocenters. The summed E-state index contributed by atoms with van der Waals surface area (Å²) in [5, 5.41) is 2.88. The number of carbonyl (C=O) groups excluding carboxylic acids is 1. The molecule has 1 N–H and O–H groups in total. The van der Waals surface area contributed by atoms with Gasteiger partial charge in [-0.1, -0.05) is 0 Å². The number of ether oxygens (including phenoxy) is 1. The minimum absolute atomic E-state index is 0.0679. The molecule has 1 aliphatic rings. The molecule has 0 bridgehead atoms. The molecule has 1 aromatic carbocycles. The lowest BCUT2D eigenvalue weighted by Gasteiger charge is -2.31. The number of rotatable bonds is 4. The normalized spacial score (nSPS) is 17.8. The van der Waals surface area contributed by atoms with Crippen molar-refractivity contribution in [2.75, 3.05) is 26.2 Å². The highest BCUT2D eigenvalue weighted by atomic mass is 19.1. The Labute approximate surface area is 139 Å².